The molecule has 0 fully saturated rings. The molecule has 0 spiro atoms. The molecule has 90 valence electrons. The van der Waals surface area contributed by atoms with Crippen molar-refractivity contribution in [2.24, 2.45) is 0 Å². The van der Waals surface area contributed by atoms with Crippen molar-refractivity contribution in [1.29, 1.82) is 0 Å². The van der Waals surface area contributed by atoms with Crippen LogP contribution in [0.25, 0.3) is 0 Å². The Morgan fingerprint density at radius 1 is 1.25 bits per heavy atom. The molecule has 0 heterocycles. The molecule has 16 heavy (non-hydrogen) atoms. The van der Waals surface area contributed by atoms with Crippen molar-refractivity contribution in [3.8, 4) is 5.75 Å². The Hall–Kier alpha value is -0.600. The largest absolute Gasteiger partial charge is 0.490 e. The van der Waals surface area contributed by atoms with Crippen LogP contribution in [0.5, 0.6) is 5.75 Å². The lowest BCUT2D eigenvalue weighted by Gasteiger charge is -2.14. The lowest BCUT2D eigenvalue weighted by atomic mass is 10.2. The molecule has 0 radical (unpaired) electrons. The molecule has 1 rings (SSSR count). The van der Waals surface area contributed by atoms with Gasteiger partial charge in [0.2, 0.25) is 0 Å². The molecule has 0 amide bonds. The van der Waals surface area contributed by atoms with Gasteiger partial charge in [0.15, 0.2) is 5.75 Å². The van der Waals surface area contributed by atoms with Gasteiger partial charge in [-0.1, -0.05) is 30.1 Å². The highest BCUT2D eigenvalue weighted by Crippen LogP contribution is 2.36. The van der Waals surface area contributed by atoms with Gasteiger partial charge < -0.3 is 10.1 Å². The number of nitrogens with one attached hydrogen (secondary N) is 1. The van der Waals surface area contributed by atoms with Crippen molar-refractivity contribution in [2.45, 2.75) is 33.2 Å². The zero-order valence-corrected chi connectivity index (χ0v) is 11.3. The molecule has 0 atom stereocenters. The van der Waals surface area contributed by atoms with E-state index in [2.05, 4.69) is 19.2 Å². The molecule has 0 aliphatic rings. The molecule has 2 nitrogen and oxygen atoms in total. The zero-order chi connectivity index (χ0) is 12.1. The van der Waals surface area contributed by atoms with Crippen molar-refractivity contribution in [3.63, 3.8) is 0 Å². The van der Waals surface area contributed by atoms with Crippen LogP contribution >= 0.6 is 23.2 Å². The molecular weight excluding hydrogens is 245 g/mol. The second-order valence-electron chi connectivity index (χ2n) is 3.92. The number of benzene rings is 1. The molecule has 0 aromatic heterocycles. The maximum Gasteiger partial charge on any atom is 0.156 e. The highest BCUT2D eigenvalue weighted by molar-refractivity contribution is 6.37. The topological polar surface area (TPSA) is 21.3 Å². The Labute approximate surface area is 107 Å². The highest BCUT2D eigenvalue weighted by Gasteiger charge is 2.09. The SMILES string of the molecule is CCCOc1c(Cl)cc(NC(C)C)cc1Cl. The molecule has 1 aromatic carbocycles. The molecule has 0 bridgehead atoms. The fourth-order valence-corrected chi connectivity index (χ4v) is 1.91. The minimum absolute atomic E-state index is 0.342. The van der Waals surface area contributed by atoms with E-state index in [1.165, 1.54) is 0 Å². The monoisotopic (exact) mass is 261 g/mol. The third kappa shape index (κ3) is 3.76. The summed E-state index contributed by atoms with van der Waals surface area (Å²) >= 11 is 12.2. The van der Waals surface area contributed by atoms with E-state index < -0.39 is 0 Å². The van der Waals surface area contributed by atoms with E-state index in [9.17, 15) is 0 Å². The van der Waals surface area contributed by atoms with Crippen LogP contribution in [0.4, 0.5) is 5.69 Å². The second-order valence-corrected chi connectivity index (χ2v) is 4.73. The first kappa shape index (κ1) is 13.5. The second kappa shape index (κ2) is 6.21. The Kier molecular flexibility index (Phi) is 5.23. The molecule has 0 aliphatic carbocycles. The highest BCUT2D eigenvalue weighted by atomic mass is 35.5. The summed E-state index contributed by atoms with van der Waals surface area (Å²) in [5, 5.41) is 4.34. The number of ether oxygens (including phenoxy) is 1. The van der Waals surface area contributed by atoms with E-state index in [1.54, 1.807) is 0 Å². The average molecular weight is 262 g/mol. The fourth-order valence-electron chi connectivity index (χ4n) is 1.32. The van der Waals surface area contributed by atoms with E-state index >= 15 is 0 Å². The molecule has 1 aromatic rings. The lowest BCUT2D eigenvalue weighted by molar-refractivity contribution is 0.318. The zero-order valence-electron chi connectivity index (χ0n) is 9.81. The summed E-state index contributed by atoms with van der Waals surface area (Å²) in [6.07, 6.45) is 0.929. The standard InChI is InChI=1S/C12H17Cl2NO/c1-4-5-16-12-10(13)6-9(7-11(12)14)15-8(2)3/h6-8,15H,4-5H2,1-3H3. The smallest absolute Gasteiger partial charge is 0.156 e. The number of rotatable bonds is 5. The van der Waals surface area contributed by atoms with Crippen LogP contribution in [0.15, 0.2) is 12.1 Å². The number of halogens is 2. The van der Waals surface area contributed by atoms with Gasteiger partial charge in [0, 0.05) is 11.7 Å². The Bertz CT molecular complexity index is 330. The van der Waals surface area contributed by atoms with E-state index in [0.717, 1.165) is 12.1 Å². The summed E-state index contributed by atoms with van der Waals surface area (Å²) in [6.45, 7) is 6.78. The maximum atomic E-state index is 6.10. The first-order valence-corrected chi connectivity index (χ1v) is 6.18. The van der Waals surface area contributed by atoms with Gasteiger partial charge >= 0.3 is 0 Å². The predicted octanol–water partition coefficient (Wildman–Crippen LogP) is 4.60. The number of hydrogen-bond acceptors (Lipinski definition) is 2. The minimum atomic E-state index is 0.342. The van der Waals surface area contributed by atoms with Crippen LogP contribution in [0.2, 0.25) is 10.0 Å². The Morgan fingerprint density at radius 3 is 2.25 bits per heavy atom. The molecule has 0 unspecified atom stereocenters. The van der Waals surface area contributed by atoms with Gasteiger partial charge in [0.1, 0.15) is 0 Å². The lowest BCUT2D eigenvalue weighted by Crippen LogP contribution is -2.09. The molecule has 0 saturated carbocycles. The molecule has 0 aliphatic heterocycles. The van der Waals surface area contributed by atoms with Crippen molar-refractivity contribution in [2.75, 3.05) is 11.9 Å². The summed E-state index contributed by atoms with van der Waals surface area (Å²) in [6, 6.07) is 4.01. The summed E-state index contributed by atoms with van der Waals surface area (Å²) in [5.74, 6) is 0.569. The maximum absolute atomic E-state index is 6.10. The number of anilines is 1. The summed E-state index contributed by atoms with van der Waals surface area (Å²) in [4.78, 5) is 0. The van der Waals surface area contributed by atoms with E-state index in [4.69, 9.17) is 27.9 Å². The van der Waals surface area contributed by atoms with Gasteiger partial charge in [0.25, 0.3) is 0 Å². The Balaban J connectivity index is 2.89. The van der Waals surface area contributed by atoms with Crippen LogP contribution in [-0.2, 0) is 0 Å². The van der Waals surface area contributed by atoms with Gasteiger partial charge in [-0.2, -0.15) is 0 Å². The molecular formula is C12H17Cl2NO. The van der Waals surface area contributed by atoms with Crippen LogP contribution in [-0.4, -0.2) is 12.6 Å². The van der Waals surface area contributed by atoms with Gasteiger partial charge in [0.05, 0.1) is 16.7 Å². The van der Waals surface area contributed by atoms with Crippen LogP contribution in [0.1, 0.15) is 27.2 Å². The Morgan fingerprint density at radius 2 is 1.81 bits per heavy atom. The fraction of sp³-hybridized carbons (Fsp3) is 0.500. The first-order valence-electron chi connectivity index (χ1n) is 5.43. The van der Waals surface area contributed by atoms with E-state index in [-0.39, 0.29) is 0 Å². The van der Waals surface area contributed by atoms with E-state index in [0.29, 0.717) is 28.4 Å². The van der Waals surface area contributed by atoms with Crippen molar-refractivity contribution in [1.82, 2.24) is 0 Å². The van der Waals surface area contributed by atoms with Crippen molar-refractivity contribution < 1.29 is 4.74 Å². The van der Waals surface area contributed by atoms with Gasteiger partial charge in [-0.3, -0.25) is 0 Å². The third-order valence-electron chi connectivity index (χ3n) is 1.90. The predicted molar refractivity (Wildman–Crippen MR) is 71.0 cm³/mol. The summed E-state index contributed by atoms with van der Waals surface area (Å²) in [5.41, 5.74) is 0.911. The summed E-state index contributed by atoms with van der Waals surface area (Å²) < 4.78 is 5.49. The van der Waals surface area contributed by atoms with Gasteiger partial charge in [-0.15, -0.1) is 0 Å². The van der Waals surface area contributed by atoms with Crippen LogP contribution in [0, 0.1) is 0 Å². The van der Waals surface area contributed by atoms with Gasteiger partial charge in [-0.05, 0) is 32.4 Å². The van der Waals surface area contributed by atoms with Crippen LogP contribution < -0.4 is 10.1 Å². The normalized spacial score (nSPS) is 10.6. The minimum Gasteiger partial charge on any atom is -0.490 e. The number of hydrogen-bond donors (Lipinski definition) is 1. The third-order valence-corrected chi connectivity index (χ3v) is 2.47. The van der Waals surface area contributed by atoms with Crippen molar-refractivity contribution >= 4 is 28.9 Å². The average Bonchev–Trinajstić information content (AvgIpc) is 2.15. The van der Waals surface area contributed by atoms with E-state index in [1.807, 2.05) is 19.1 Å². The van der Waals surface area contributed by atoms with Gasteiger partial charge in [-0.25, -0.2) is 0 Å². The molecule has 4 heteroatoms. The van der Waals surface area contributed by atoms with Crippen LogP contribution in [0.3, 0.4) is 0 Å². The molecule has 0 saturated heterocycles. The van der Waals surface area contributed by atoms with Crippen molar-refractivity contribution in [3.05, 3.63) is 22.2 Å². The first-order chi connectivity index (χ1) is 7.54. The molecule has 1 N–H and O–H groups in total. The quantitative estimate of drug-likeness (QED) is 0.837. The summed E-state index contributed by atoms with van der Waals surface area (Å²) in [7, 11) is 0.